The minimum atomic E-state index is -0.222. The number of rotatable bonds is 5. The van der Waals surface area contributed by atoms with Gasteiger partial charge in [-0.2, -0.15) is 0 Å². The highest BCUT2D eigenvalue weighted by atomic mass is 79.9. The first-order chi connectivity index (χ1) is 13.0. The number of carbonyl (C=O) groups is 1. The number of thioether (sulfide) groups is 1. The van der Waals surface area contributed by atoms with Crippen molar-refractivity contribution in [1.29, 1.82) is 0 Å². The zero-order valence-corrected chi connectivity index (χ0v) is 17.8. The van der Waals surface area contributed by atoms with Crippen LogP contribution >= 0.6 is 50.9 Å². The molecule has 0 saturated carbocycles. The molecule has 27 heavy (non-hydrogen) atoms. The fourth-order valence-electron chi connectivity index (χ4n) is 2.19. The zero-order valence-electron chi connectivity index (χ0n) is 13.8. The van der Waals surface area contributed by atoms with E-state index in [0.29, 0.717) is 38.2 Å². The van der Waals surface area contributed by atoms with E-state index in [4.69, 9.17) is 27.9 Å². The molecule has 1 heterocycles. The Kier molecular flexibility index (Phi) is 6.65. The summed E-state index contributed by atoms with van der Waals surface area (Å²) in [6.07, 6.45) is 3.46. The lowest BCUT2D eigenvalue weighted by molar-refractivity contribution is -0.115. The first-order valence-corrected chi connectivity index (χ1v) is 10.1. The number of hydrogen-bond acceptors (Lipinski definition) is 4. The summed E-state index contributed by atoms with van der Waals surface area (Å²) >= 11 is 16.8. The van der Waals surface area contributed by atoms with Gasteiger partial charge in [-0.15, -0.1) is 0 Å². The van der Waals surface area contributed by atoms with Gasteiger partial charge in [-0.25, -0.2) is 4.99 Å². The Morgan fingerprint density at radius 1 is 1.30 bits per heavy atom. The fourth-order valence-corrected chi connectivity index (χ4v) is 3.88. The fraction of sp³-hybridized carbons (Fsp3) is 0.0526. The maximum absolute atomic E-state index is 12.2. The normalized spacial score (nSPS) is 16.6. The lowest BCUT2D eigenvalue weighted by Gasteiger charge is -2.06. The monoisotopic (exact) mass is 482 g/mol. The van der Waals surface area contributed by atoms with Crippen molar-refractivity contribution < 1.29 is 9.53 Å². The maximum Gasteiger partial charge on any atom is 0.264 e. The molecule has 1 saturated heterocycles. The standard InChI is InChI=1S/C19H13BrCl2N2O2S/c1-2-8-26-15-7-6-11(9-12(15)20)10-16-18(25)24-19(27-16)23-14-5-3-4-13(21)17(14)22/h2-7,9-10H,1,8H2,(H,23,24,25)/b16-10-. The molecule has 1 fully saturated rings. The molecule has 3 rings (SSSR count). The van der Waals surface area contributed by atoms with Gasteiger partial charge in [0.15, 0.2) is 5.17 Å². The van der Waals surface area contributed by atoms with Crippen LogP contribution in [0, 0.1) is 0 Å². The number of benzene rings is 2. The Hall–Kier alpha value is -1.73. The predicted octanol–water partition coefficient (Wildman–Crippen LogP) is 6.21. The molecule has 0 spiro atoms. The van der Waals surface area contributed by atoms with Crippen molar-refractivity contribution in [3.8, 4) is 5.75 Å². The van der Waals surface area contributed by atoms with Crippen molar-refractivity contribution in [2.24, 2.45) is 4.99 Å². The molecule has 138 valence electrons. The van der Waals surface area contributed by atoms with Crippen LogP contribution in [0.5, 0.6) is 5.75 Å². The number of nitrogens with zero attached hydrogens (tertiary/aromatic N) is 1. The second kappa shape index (κ2) is 8.97. The number of aliphatic imine (C=N–C) groups is 1. The number of ether oxygens (including phenoxy) is 1. The van der Waals surface area contributed by atoms with Gasteiger partial charge in [-0.1, -0.05) is 48.0 Å². The van der Waals surface area contributed by atoms with Gasteiger partial charge in [-0.05, 0) is 63.6 Å². The second-order valence-corrected chi connectivity index (χ2v) is 8.01. The Labute approximate surface area is 179 Å². The van der Waals surface area contributed by atoms with E-state index >= 15 is 0 Å². The number of carbonyl (C=O) groups excluding carboxylic acids is 1. The van der Waals surface area contributed by atoms with Crippen LogP contribution in [0.1, 0.15) is 5.56 Å². The SMILES string of the molecule is C=CCOc1ccc(/C=C2\SC(=Nc3cccc(Cl)c3Cl)NC2=O)cc1Br. The topological polar surface area (TPSA) is 50.7 Å². The highest BCUT2D eigenvalue weighted by Gasteiger charge is 2.24. The molecule has 0 radical (unpaired) electrons. The number of nitrogens with one attached hydrogen (secondary N) is 1. The maximum atomic E-state index is 12.2. The van der Waals surface area contributed by atoms with Crippen molar-refractivity contribution in [2.45, 2.75) is 0 Å². The van der Waals surface area contributed by atoms with Crippen molar-refractivity contribution in [1.82, 2.24) is 5.32 Å². The summed E-state index contributed by atoms with van der Waals surface area (Å²) in [7, 11) is 0. The summed E-state index contributed by atoms with van der Waals surface area (Å²) in [5.74, 6) is 0.485. The minimum Gasteiger partial charge on any atom is -0.488 e. The van der Waals surface area contributed by atoms with E-state index in [1.165, 1.54) is 11.8 Å². The Balaban J connectivity index is 1.81. The third-order valence-corrected chi connectivity index (χ3v) is 5.75. The first-order valence-electron chi connectivity index (χ1n) is 7.75. The minimum absolute atomic E-state index is 0.222. The van der Waals surface area contributed by atoms with Gasteiger partial charge < -0.3 is 10.1 Å². The van der Waals surface area contributed by atoms with Crippen LogP contribution in [0.3, 0.4) is 0 Å². The van der Waals surface area contributed by atoms with Crippen LogP contribution in [0.2, 0.25) is 10.0 Å². The molecule has 0 aliphatic carbocycles. The molecule has 1 aliphatic heterocycles. The van der Waals surface area contributed by atoms with E-state index in [0.717, 1.165) is 10.0 Å². The summed E-state index contributed by atoms with van der Waals surface area (Å²) in [5.41, 5.74) is 1.35. The number of hydrogen-bond donors (Lipinski definition) is 1. The van der Waals surface area contributed by atoms with Crippen LogP contribution in [0.4, 0.5) is 5.69 Å². The molecule has 4 nitrogen and oxygen atoms in total. The van der Waals surface area contributed by atoms with Crippen LogP contribution in [0.15, 0.2) is 63.4 Å². The Morgan fingerprint density at radius 3 is 2.85 bits per heavy atom. The van der Waals surface area contributed by atoms with Crippen molar-refractivity contribution in [3.05, 3.63) is 74.0 Å². The number of amidine groups is 1. The molecular formula is C19H13BrCl2N2O2S. The third kappa shape index (κ3) is 4.96. The number of halogens is 3. The second-order valence-electron chi connectivity index (χ2n) is 5.34. The molecule has 1 aliphatic rings. The Morgan fingerprint density at radius 2 is 2.11 bits per heavy atom. The summed E-state index contributed by atoms with van der Waals surface area (Å²) < 4.78 is 6.32. The molecule has 8 heteroatoms. The molecule has 0 aromatic heterocycles. The molecular weight excluding hydrogens is 471 g/mol. The summed E-state index contributed by atoms with van der Waals surface area (Å²) in [5, 5.41) is 3.93. The van der Waals surface area contributed by atoms with Gasteiger partial charge in [0.2, 0.25) is 0 Å². The van der Waals surface area contributed by atoms with E-state index in [9.17, 15) is 4.79 Å². The smallest absolute Gasteiger partial charge is 0.264 e. The van der Waals surface area contributed by atoms with Gasteiger partial charge in [0.05, 0.1) is 25.1 Å². The highest BCUT2D eigenvalue weighted by Crippen LogP contribution is 2.35. The van der Waals surface area contributed by atoms with Crippen molar-refractivity contribution in [3.63, 3.8) is 0 Å². The van der Waals surface area contributed by atoms with E-state index in [2.05, 4.69) is 32.8 Å². The van der Waals surface area contributed by atoms with Gasteiger partial charge >= 0.3 is 0 Å². The molecule has 1 N–H and O–H groups in total. The van der Waals surface area contributed by atoms with E-state index in [1.807, 2.05) is 18.2 Å². The molecule has 0 bridgehead atoms. The average molecular weight is 484 g/mol. The lowest BCUT2D eigenvalue weighted by Crippen LogP contribution is -2.19. The lowest BCUT2D eigenvalue weighted by atomic mass is 10.2. The van der Waals surface area contributed by atoms with Gasteiger partial charge in [0.25, 0.3) is 5.91 Å². The van der Waals surface area contributed by atoms with E-state index < -0.39 is 0 Å². The van der Waals surface area contributed by atoms with Gasteiger partial charge in [0, 0.05) is 0 Å². The summed E-state index contributed by atoms with van der Waals surface area (Å²) in [6, 6.07) is 10.7. The van der Waals surface area contributed by atoms with Gasteiger partial charge in [-0.3, -0.25) is 4.79 Å². The molecule has 2 aromatic carbocycles. The van der Waals surface area contributed by atoms with E-state index in [-0.39, 0.29) is 5.91 Å². The van der Waals surface area contributed by atoms with Crippen LogP contribution in [-0.4, -0.2) is 17.7 Å². The van der Waals surface area contributed by atoms with Crippen LogP contribution < -0.4 is 10.1 Å². The summed E-state index contributed by atoms with van der Waals surface area (Å²) in [6.45, 7) is 4.04. The predicted molar refractivity (Wildman–Crippen MR) is 117 cm³/mol. The zero-order chi connectivity index (χ0) is 19.4. The van der Waals surface area contributed by atoms with Crippen LogP contribution in [0.25, 0.3) is 6.08 Å². The largest absolute Gasteiger partial charge is 0.488 e. The highest BCUT2D eigenvalue weighted by molar-refractivity contribution is 9.10. The van der Waals surface area contributed by atoms with Crippen molar-refractivity contribution in [2.75, 3.05) is 6.61 Å². The van der Waals surface area contributed by atoms with Gasteiger partial charge in [0.1, 0.15) is 12.4 Å². The first kappa shape index (κ1) is 20.0. The van der Waals surface area contributed by atoms with Crippen molar-refractivity contribution >= 4 is 73.7 Å². The molecule has 1 amide bonds. The molecule has 2 aromatic rings. The van der Waals surface area contributed by atoms with E-state index in [1.54, 1.807) is 30.4 Å². The molecule has 0 unspecified atom stereocenters. The summed E-state index contributed by atoms with van der Waals surface area (Å²) in [4.78, 5) is 17.1. The van der Waals surface area contributed by atoms with Crippen LogP contribution in [-0.2, 0) is 4.79 Å². The molecule has 0 atom stereocenters. The number of amides is 1. The third-order valence-electron chi connectivity index (χ3n) is 3.41. The quantitative estimate of drug-likeness (QED) is 0.406. The average Bonchev–Trinajstić information content (AvgIpc) is 2.97. The Bertz CT molecular complexity index is 976.